The molecule has 0 radical (unpaired) electrons. The maximum Gasteiger partial charge on any atom is 0.321 e. The van der Waals surface area contributed by atoms with Gasteiger partial charge in [-0.1, -0.05) is 30.3 Å². The number of hydrogen-bond donors (Lipinski definition) is 1. The molecule has 3 rings (SSSR count). The smallest absolute Gasteiger partial charge is 0.321 e. The highest BCUT2D eigenvalue weighted by atomic mass is 16.4. The van der Waals surface area contributed by atoms with E-state index >= 15 is 0 Å². The molecule has 2 aromatic rings. The first kappa shape index (κ1) is 13.8. The van der Waals surface area contributed by atoms with Crippen LogP contribution >= 0.6 is 0 Å². The Morgan fingerprint density at radius 2 is 2.00 bits per heavy atom. The third-order valence-corrected chi connectivity index (χ3v) is 3.94. The lowest BCUT2D eigenvalue weighted by atomic mass is 9.94. The number of carbonyl (C=O) groups is 1. The molecule has 1 aliphatic rings. The van der Waals surface area contributed by atoms with Gasteiger partial charge in [0, 0.05) is 18.8 Å². The second-order valence-electron chi connectivity index (χ2n) is 5.50. The molecule has 1 aliphatic heterocycles. The molecule has 1 aromatic heterocycles. The molecule has 1 N–H and O–H groups in total. The molecule has 1 atom stereocenters. The van der Waals surface area contributed by atoms with Gasteiger partial charge >= 0.3 is 5.97 Å². The van der Waals surface area contributed by atoms with Crippen molar-refractivity contribution >= 4 is 5.97 Å². The molecule has 0 amide bonds. The zero-order chi connectivity index (χ0) is 14.8. The van der Waals surface area contributed by atoms with E-state index in [2.05, 4.69) is 11.1 Å². The molecule has 0 spiro atoms. The minimum atomic E-state index is -0.767. The average molecular weight is 282 g/mol. The van der Waals surface area contributed by atoms with E-state index in [1.54, 1.807) is 0 Å². The summed E-state index contributed by atoms with van der Waals surface area (Å²) in [6.07, 6.45) is 0.553. The maximum absolute atomic E-state index is 11.6. The van der Waals surface area contributed by atoms with Crippen molar-refractivity contribution in [1.29, 1.82) is 0 Å². The SMILES string of the molecule is Cc1cccc(CN2Cc3ccccc3CC2C(=O)O)n1. The Morgan fingerprint density at radius 3 is 2.71 bits per heavy atom. The number of carboxylic acids is 1. The van der Waals surface area contributed by atoms with Crippen LogP contribution < -0.4 is 0 Å². The lowest BCUT2D eigenvalue weighted by molar-refractivity contribution is -0.144. The first-order valence-electron chi connectivity index (χ1n) is 7.09. The third-order valence-electron chi connectivity index (χ3n) is 3.94. The minimum Gasteiger partial charge on any atom is -0.480 e. The standard InChI is InChI=1S/C17H18N2O2/c1-12-5-4-8-15(18-12)11-19-10-14-7-3-2-6-13(14)9-16(19)17(20)21/h2-8,16H,9-11H2,1H3,(H,20,21). The van der Waals surface area contributed by atoms with Gasteiger partial charge in [0.1, 0.15) is 6.04 Å². The van der Waals surface area contributed by atoms with Crippen molar-refractivity contribution in [3.63, 3.8) is 0 Å². The molecule has 21 heavy (non-hydrogen) atoms. The molecular formula is C17H18N2O2. The molecule has 4 heteroatoms. The van der Waals surface area contributed by atoms with Gasteiger partial charge in [-0.3, -0.25) is 14.7 Å². The van der Waals surface area contributed by atoms with Crippen molar-refractivity contribution in [1.82, 2.24) is 9.88 Å². The summed E-state index contributed by atoms with van der Waals surface area (Å²) < 4.78 is 0. The molecule has 0 saturated heterocycles. The molecule has 2 heterocycles. The summed E-state index contributed by atoms with van der Waals surface area (Å²) in [5, 5.41) is 9.50. The van der Waals surface area contributed by atoms with Gasteiger partial charge in [-0.05, 0) is 36.6 Å². The summed E-state index contributed by atoms with van der Waals surface area (Å²) in [5.41, 5.74) is 4.22. The molecular weight excluding hydrogens is 264 g/mol. The number of aryl methyl sites for hydroxylation is 1. The van der Waals surface area contributed by atoms with Gasteiger partial charge in [-0.15, -0.1) is 0 Å². The van der Waals surface area contributed by atoms with Gasteiger partial charge in [0.05, 0.1) is 5.69 Å². The van der Waals surface area contributed by atoms with Crippen molar-refractivity contribution in [2.45, 2.75) is 32.5 Å². The molecule has 108 valence electrons. The highest BCUT2D eigenvalue weighted by molar-refractivity contribution is 5.74. The zero-order valence-electron chi connectivity index (χ0n) is 12.0. The lowest BCUT2D eigenvalue weighted by Crippen LogP contribution is -2.45. The van der Waals surface area contributed by atoms with E-state index in [9.17, 15) is 9.90 Å². The second kappa shape index (κ2) is 5.66. The van der Waals surface area contributed by atoms with Gasteiger partial charge in [-0.25, -0.2) is 0 Å². The largest absolute Gasteiger partial charge is 0.480 e. The third kappa shape index (κ3) is 2.95. The Bertz CT molecular complexity index is 669. The lowest BCUT2D eigenvalue weighted by Gasteiger charge is -2.34. The molecule has 1 aromatic carbocycles. The Hall–Kier alpha value is -2.20. The highest BCUT2D eigenvalue weighted by Gasteiger charge is 2.31. The Kier molecular flexibility index (Phi) is 3.71. The highest BCUT2D eigenvalue weighted by Crippen LogP contribution is 2.24. The van der Waals surface area contributed by atoms with Crippen LogP contribution in [0.4, 0.5) is 0 Å². The predicted molar refractivity (Wildman–Crippen MR) is 79.8 cm³/mol. The topological polar surface area (TPSA) is 53.4 Å². The Balaban J connectivity index is 1.87. The molecule has 0 bridgehead atoms. The number of rotatable bonds is 3. The van der Waals surface area contributed by atoms with Crippen LogP contribution in [0.2, 0.25) is 0 Å². The number of nitrogens with zero attached hydrogens (tertiary/aromatic N) is 2. The van der Waals surface area contributed by atoms with Crippen molar-refractivity contribution < 1.29 is 9.90 Å². The number of hydrogen-bond acceptors (Lipinski definition) is 3. The van der Waals surface area contributed by atoms with Crippen molar-refractivity contribution in [3.05, 3.63) is 65.0 Å². The zero-order valence-corrected chi connectivity index (χ0v) is 12.0. The van der Waals surface area contributed by atoms with Gasteiger partial charge in [-0.2, -0.15) is 0 Å². The fourth-order valence-corrected chi connectivity index (χ4v) is 2.88. The van der Waals surface area contributed by atoms with Gasteiger partial charge in [0.15, 0.2) is 0 Å². The summed E-state index contributed by atoms with van der Waals surface area (Å²) in [7, 11) is 0. The first-order chi connectivity index (χ1) is 10.1. The minimum absolute atomic E-state index is 0.484. The summed E-state index contributed by atoms with van der Waals surface area (Å²) in [4.78, 5) is 18.0. The molecule has 4 nitrogen and oxygen atoms in total. The van der Waals surface area contributed by atoms with Crippen LogP contribution in [-0.4, -0.2) is 27.0 Å². The first-order valence-corrected chi connectivity index (χ1v) is 7.09. The molecule has 1 unspecified atom stereocenters. The van der Waals surface area contributed by atoms with E-state index < -0.39 is 12.0 Å². The van der Waals surface area contributed by atoms with E-state index in [0.29, 0.717) is 19.5 Å². The van der Waals surface area contributed by atoms with E-state index in [0.717, 1.165) is 17.0 Å². The Labute approximate surface area is 124 Å². The van der Waals surface area contributed by atoms with Gasteiger partial charge in [0.2, 0.25) is 0 Å². The van der Waals surface area contributed by atoms with Crippen LogP contribution in [0.3, 0.4) is 0 Å². The molecule has 0 saturated carbocycles. The van der Waals surface area contributed by atoms with Gasteiger partial charge in [0.25, 0.3) is 0 Å². The number of aliphatic carboxylic acids is 1. The van der Waals surface area contributed by atoms with Crippen LogP contribution in [0.15, 0.2) is 42.5 Å². The van der Waals surface area contributed by atoms with Crippen molar-refractivity contribution in [3.8, 4) is 0 Å². The van der Waals surface area contributed by atoms with Crippen LogP contribution in [0, 0.1) is 6.92 Å². The number of benzene rings is 1. The number of carboxylic acid groups (broad SMARTS) is 1. The maximum atomic E-state index is 11.6. The van der Waals surface area contributed by atoms with E-state index in [-0.39, 0.29) is 0 Å². The van der Waals surface area contributed by atoms with E-state index in [4.69, 9.17) is 0 Å². The molecule has 0 fully saturated rings. The average Bonchev–Trinajstić information content (AvgIpc) is 2.46. The summed E-state index contributed by atoms with van der Waals surface area (Å²) in [6.45, 7) is 3.17. The van der Waals surface area contributed by atoms with Crippen LogP contribution in [-0.2, 0) is 24.3 Å². The monoisotopic (exact) mass is 282 g/mol. The van der Waals surface area contributed by atoms with Crippen LogP contribution in [0.1, 0.15) is 22.5 Å². The van der Waals surface area contributed by atoms with Crippen LogP contribution in [0.25, 0.3) is 0 Å². The van der Waals surface area contributed by atoms with Gasteiger partial charge < -0.3 is 5.11 Å². The summed E-state index contributed by atoms with van der Waals surface area (Å²) in [6, 6.07) is 13.4. The summed E-state index contributed by atoms with van der Waals surface area (Å²) >= 11 is 0. The number of aromatic nitrogens is 1. The normalized spacial score (nSPS) is 18.2. The fourth-order valence-electron chi connectivity index (χ4n) is 2.88. The van der Waals surface area contributed by atoms with E-state index in [1.165, 1.54) is 5.56 Å². The number of fused-ring (bicyclic) bond motifs is 1. The summed E-state index contributed by atoms with van der Waals surface area (Å²) in [5.74, 6) is -0.767. The Morgan fingerprint density at radius 1 is 1.24 bits per heavy atom. The van der Waals surface area contributed by atoms with E-state index in [1.807, 2.05) is 48.2 Å². The fraction of sp³-hybridized carbons (Fsp3) is 0.294. The number of pyridine rings is 1. The quantitative estimate of drug-likeness (QED) is 0.939. The second-order valence-corrected chi connectivity index (χ2v) is 5.50. The molecule has 0 aliphatic carbocycles. The van der Waals surface area contributed by atoms with Crippen LogP contribution in [0.5, 0.6) is 0 Å². The predicted octanol–water partition coefficient (Wildman–Crippen LogP) is 2.40. The van der Waals surface area contributed by atoms with Crippen molar-refractivity contribution in [2.24, 2.45) is 0 Å². The van der Waals surface area contributed by atoms with Crippen molar-refractivity contribution in [2.75, 3.05) is 0 Å².